The van der Waals surface area contributed by atoms with Crippen LogP contribution in [0.5, 0.6) is 0 Å². The summed E-state index contributed by atoms with van der Waals surface area (Å²) < 4.78 is 4.16. The number of rotatable bonds is 2. The lowest BCUT2D eigenvalue weighted by Crippen LogP contribution is -2.02. The van der Waals surface area contributed by atoms with Crippen LogP contribution in [-0.2, 0) is 20.0 Å². The summed E-state index contributed by atoms with van der Waals surface area (Å²) in [5.41, 5.74) is 10.3. The maximum absolute atomic E-state index is 5.70. The Kier molecular flexibility index (Phi) is 2.19. The second-order valence-electron chi connectivity index (χ2n) is 4.34. The first-order valence-electron chi connectivity index (χ1n) is 5.90. The molecule has 0 atom stereocenters. The summed E-state index contributed by atoms with van der Waals surface area (Å²) in [5, 5.41) is 0. The number of hydrogen-bond acceptors (Lipinski definition) is 2. The van der Waals surface area contributed by atoms with E-state index in [4.69, 9.17) is 5.73 Å². The zero-order chi connectivity index (χ0) is 12.0. The highest BCUT2D eigenvalue weighted by Gasteiger charge is 2.10. The maximum Gasteiger partial charge on any atom is 0.214 e. The van der Waals surface area contributed by atoms with Crippen LogP contribution in [0.3, 0.4) is 0 Å². The van der Waals surface area contributed by atoms with Crippen LogP contribution in [0.2, 0.25) is 0 Å². The van der Waals surface area contributed by atoms with Crippen molar-refractivity contribution in [1.82, 2.24) is 14.0 Å². The molecule has 3 rings (SSSR count). The third-order valence-corrected chi connectivity index (χ3v) is 3.36. The summed E-state index contributed by atoms with van der Waals surface area (Å²) >= 11 is 0. The average molecular weight is 228 g/mol. The van der Waals surface area contributed by atoms with E-state index in [2.05, 4.69) is 40.7 Å². The molecular formula is C13H16N4. The van der Waals surface area contributed by atoms with Crippen LogP contribution in [0.25, 0.3) is 16.8 Å². The largest absolute Gasteiger partial charge is 0.325 e. The standard InChI is InChI=1S/C13H16N4/c1-3-9-4-5-12-11(6-9)15-13-16(2)10(7-14)8-17(12)13/h4-6,8H,3,7,14H2,1-2H3. The van der Waals surface area contributed by atoms with E-state index in [1.54, 1.807) is 0 Å². The van der Waals surface area contributed by atoms with Crippen LogP contribution in [0, 0.1) is 0 Å². The molecule has 0 aliphatic rings. The SMILES string of the molecule is CCc1ccc2c(c1)nc1n(C)c(CN)cn21. The Bertz CT molecular complexity index is 690. The number of hydrogen-bond donors (Lipinski definition) is 1. The van der Waals surface area contributed by atoms with Gasteiger partial charge in [0.25, 0.3) is 0 Å². The zero-order valence-electron chi connectivity index (χ0n) is 10.1. The summed E-state index contributed by atoms with van der Waals surface area (Å²) in [7, 11) is 2.00. The van der Waals surface area contributed by atoms with Gasteiger partial charge < -0.3 is 10.3 Å². The van der Waals surface area contributed by atoms with Gasteiger partial charge in [0.05, 0.1) is 16.7 Å². The molecule has 3 aromatic rings. The minimum atomic E-state index is 0.536. The lowest BCUT2D eigenvalue weighted by molar-refractivity contribution is 0.840. The van der Waals surface area contributed by atoms with Gasteiger partial charge in [-0.1, -0.05) is 13.0 Å². The predicted octanol–water partition coefficient (Wildman–Crippen LogP) is 1.85. The fraction of sp³-hybridized carbons (Fsp3) is 0.308. The number of aryl methyl sites for hydroxylation is 2. The normalized spacial score (nSPS) is 11.7. The third kappa shape index (κ3) is 1.37. The molecule has 4 heteroatoms. The molecule has 0 saturated carbocycles. The van der Waals surface area contributed by atoms with Gasteiger partial charge in [-0.3, -0.25) is 4.40 Å². The van der Waals surface area contributed by atoms with Crippen LogP contribution in [0.4, 0.5) is 0 Å². The molecule has 2 N–H and O–H groups in total. The van der Waals surface area contributed by atoms with Gasteiger partial charge in [0.15, 0.2) is 0 Å². The van der Waals surface area contributed by atoms with Crippen molar-refractivity contribution in [2.75, 3.05) is 0 Å². The first-order valence-corrected chi connectivity index (χ1v) is 5.90. The summed E-state index contributed by atoms with van der Waals surface area (Å²) in [6.45, 7) is 2.69. The molecule has 2 heterocycles. The van der Waals surface area contributed by atoms with Crippen molar-refractivity contribution in [3.63, 3.8) is 0 Å². The monoisotopic (exact) mass is 228 g/mol. The number of nitrogens with zero attached hydrogens (tertiary/aromatic N) is 3. The van der Waals surface area contributed by atoms with Gasteiger partial charge in [0.1, 0.15) is 0 Å². The molecule has 17 heavy (non-hydrogen) atoms. The van der Waals surface area contributed by atoms with Crippen molar-refractivity contribution in [1.29, 1.82) is 0 Å². The minimum Gasteiger partial charge on any atom is -0.325 e. The van der Waals surface area contributed by atoms with Crippen LogP contribution < -0.4 is 5.73 Å². The van der Waals surface area contributed by atoms with Gasteiger partial charge in [-0.05, 0) is 24.1 Å². The van der Waals surface area contributed by atoms with Gasteiger partial charge in [-0.25, -0.2) is 4.98 Å². The topological polar surface area (TPSA) is 48.2 Å². The van der Waals surface area contributed by atoms with Crippen molar-refractivity contribution in [3.8, 4) is 0 Å². The fourth-order valence-electron chi connectivity index (χ4n) is 2.27. The molecule has 0 spiro atoms. The molecule has 0 unspecified atom stereocenters. The molecule has 0 amide bonds. The van der Waals surface area contributed by atoms with Crippen LogP contribution in [0.15, 0.2) is 24.4 Å². The molecule has 0 fully saturated rings. The molecule has 0 radical (unpaired) electrons. The number of fused-ring (bicyclic) bond motifs is 3. The number of benzene rings is 1. The highest BCUT2D eigenvalue weighted by molar-refractivity contribution is 5.80. The average Bonchev–Trinajstić information content (AvgIpc) is 2.86. The number of nitrogens with two attached hydrogens (primary N) is 1. The van der Waals surface area contributed by atoms with Crippen LogP contribution in [0.1, 0.15) is 18.2 Å². The predicted molar refractivity (Wildman–Crippen MR) is 68.9 cm³/mol. The number of aromatic nitrogens is 3. The van der Waals surface area contributed by atoms with E-state index in [1.807, 2.05) is 11.6 Å². The Balaban J connectivity index is 2.36. The van der Waals surface area contributed by atoms with Crippen molar-refractivity contribution < 1.29 is 0 Å². The molecule has 1 aromatic carbocycles. The van der Waals surface area contributed by atoms with E-state index >= 15 is 0 Å². The molecular weight excluding hydrogens is 212 g/mol. The summed E-state index contributed by atoms with van der Waals surface area (Å²) in [4.78, 5) is 4.66. The van der Waals surface area contributed by atoms with E-state index in [0.717, 1.165) is 28.9 Å². The Labute approximate surface area is 99.7 Å². The van der Waals surface area contributed by atoms with Crippen molar-refractivity contribution in [3.05, 3.63) is 35.7 Å². The molecule has 88 valence electrons. The van der Waals surface area contributed by atoms with Crippen LogP contribution in [-0.4, -0.2) is 14.0 Å². The van der Waals surface area contributed by atoms with Crippen molar-refractivity contribution >= 4 is 16.8 Å². The van der Waals surface area contributed by atoms with Gasteiger partial charge >= 0.3 is 0 Å². The molecule has 2 aromatic heterocycles. The Morgan fingerprint density at radius 2 is 2.18 bits per heavy atom. The van der Waals surface area contributed by atoms with Gasteiger partial charge in [0, 0.05) is 19.8 Å². The Hall–Kier alpha value is -1.81. The van der Waals surface area contributed by atoms with E-state index in [0.29, 0.717) is 6.54 Å². The first kappa shape index (κ1) is 10.4. The van der Waals surface area contributed by atoms with E-state index in [-0.39, 0.29) is 0 Å². The first-order chi connectivity index (χ1) is 8.24. The second kappa shape index (κ2) is 3.60. The lowest BCUT2D eigenvalue weighted by Gasteiger charge is -1.97. The second-order valence-corrected chi connectivity index (χ2v) is 4.34. The van der Waals surface area contributed by atoms with Gasteiger partial charge in [-0.2, -0.15) is 0 Å². The Morgan fingerprint density at radius 1 is 1.35 bits per heavy atom. The Morgan fingerprint density at radius 3 is 2.88 bits per heavy atom. The van der Waals surface area contributed by atoms with E-state index in [9.17, 15) is 0 Å². The summed E-state index contributed by atoms with van der Waals surface area (Å²) in [6.07, 6.45) is 3.11. The van der Waals surface area contributed by atoms with Crippen molar-refractivity contribution in [2.24, 2.45) is 12.8 Å². The zero-order valence-corrected chi connectivity index (χ0v) is 10.1. The smallest absolute Gasteiger partial charge is 0.214 e. The van der Waals surface area contributed by atoms with Crippen LogP contribution >= 0.6 is 0 Å². The highest BCUT2D eigenvalue weighted by Crippen LogP contribution is 2.20. The van der Waals surface area contributed by atoms with Crippen molar-refractivity contribution in [2.45, 2.75) is 19.9 Å². The maximum atomic E-state index is 5.70. The molecule has 0 aliphatic heterocycles. The molecule has 0 saturated heterocycles. The lowest BCUT2D eigenvalue weighted by atomic mass is 10.1. The molecule has 4 nitrogen and oxygen atoms in total. The van der Waals surface area contributed by atoms with Gasteiger partial charge in [0.2, 0.25) is 5.78 Å². The molecule has 0 aliphatic carbocycles. The summed E-state index contributed by atoms with van der Waals surface area (Å²) in [5.74, 6) is 0.953. The molecule has 0 bridgehead atoms. The van der Waals surface area contributed by atoms with Gasteiger partial charge in [-0.15, -0.1) is 0 Å². The number of imidazole rings is 2. The third-order valence-electron chi connectivity index (χ3n) is 3.36. The van der Waals surface area contributed by atoms with E-state index in [1.165, 1.54) is 5.56 Å². The quantitative estimate of drug-likeness (QED) is 0.727. The summed E-state index contributed by atoms with van der Waals surface area (Å²) in [6, 6.07) is 6.45. The fourth-order valence-corrected chi connectivity index (χ4v) is 2.27. The van der Waals surface area contributed by atoms with E-state index < -0.39 is 0 Å². The minimum absolute atomic E-state index is 0.536. The highest BCUT2D eigenvalue weighted by atomic mass is 15.2.